The summed E-state index contributed by atoms with van der Waals surface area (Å²) >= 11 is 3.27. The van der Waals surface area contributed by atoms with Crippen LogP contribution in [0.3, 0.4) is 0 Å². The van der Waals surface area contributed by atoms with Crippen LogP contribution < -0.4 is 5.73 Å². The fourth-order valence-electron chi connectivity index (χ4n) is 1.20. The van der Waals surface area contributed by atoms with E-state index in [9.17, 15) is 4.39 Å². The van der Waals surface area contributed by atoms with E-state index in [0.29, 0.717) is 11.4 Å². The number of rotatable bonds is 2. The molecule has 0 aliphatic carbocycles. The van der Waals surface area contributed by atoms with Gasteiger partial charge in [-0.2, -0.15) is 9.90 Å². The highest BCUT2D eigenvalue weighted by Gasteiger charge is 2.05. The summed E-state index contributed by atoms with van der Waals surface area (Å²) in [5.41, 5.74) is 5.92. The zero-order valence-electron chi connectivity index (χ0n) is 7.69. The molecule has 0 saturated heterocycles. The smallest absolute Gasteiger partial charge is 0.165 e. The summed E-state index contributed by atoms with van der Waals surface area (Å²) in [6.07, 6.45) is 1.43. The lowest BCUT2D eigenvalue weighted by Gasteiger charge is -2.02. The zero-order chi connectivity index (χ0) is 10.8. The van der Waals surface area contributed by atoms with Crippen LogP contribution in [0.25, 0.3) is 0 Å². The van der Waals surface area contributed by atoms with E-state index in [2.05, 4.69) is 26.1 Å². The third kappa shape index (κ3) is 2.33. The molecule has 0 saturated carbocycles. The lowest BCUT2D eigenvalue weighted by molar-refractivity contribution is 0.550. The molecule has 0 fully saturated rings. The molecule has 78 valence electrons. The first-order valence-electron chi connectivity index (χ1n) is 4.24. The van der Waals surface area contributed by atoms with Crippen molar-refractivity contribution in [2.75, 3.05) is 5.73 Å². The molecule has 0 spiro atoms. The maximum absolute atomic E-state index is 13.3. The molecule has 1 aromatic carbocycles. The van der Waals surface area contributed by atoms with Crippen molar-refractivity contribution in [3.8, 4) is 0 Å². The van der Waals surface area contributed by atoms with Gasteiger partial charge in [-0.3, -0.25) is 0 Å². The molecule has 0 amide bonds. The van der Waals surface area contributed by atoms with E-state index in [4.69, 9.17) is 5.73 Å². The Balaban J connectivity index is 2.27. The summed E-state index contributed by atoms with van der Waals surface area (Å²) in [5.74, 6) is 0.0412. The number of hydrogen-bond donors (Lipinski definition) is 1. The molecule has 0 bridgehead atoms. The quantitative estimate of drug-likeness (QED) is 0.906. The van der Waals surface area contributed by atoms with Crippen molar-refractivity contribution in [3.05, 3.63) is 40.2 Å². The minimum absolute atomic E-state index is 0.266. The Morgan fingerprint density at radius 2 is 2.27 bits per heavy atom. The number of nitrogen functional groups attached to an aromatic ring is 1. The molecule has 0 unspecified atom stereocenters. The average molecular weight is 271 g/mol. The predicted octanol–water partition coefficient (Wildman–Crippen LogP) is 1.81. The van der Waals surface area contributed by atoms with E-state index in [1.807, 2.05) is 0 Å². The summed E-state index contributed by atoms with van der Waals surface area (Å²) in [6.45, 7) is 0.266. The molecule has 1 aromatic heterocycles. The van der Waals surface area contributed by atoms with Gasteiger partial charge in [-0.1, -0.05) is 15.9 Å². The number of nitrogens with two attached hydrogens (primary N) is 1. The number of halogens is 2. The fraction of sp³-hybridized carbons (Fsp3) is 0.111. The molecule has 15 heavy (non-hydrogen) atoms. The first kappa shape index (κ1) is 10.1. The van der Waals surface area contributed by atoms with Crippen molar-refractivity contribution in [2.45, 2.75) is 6.54 Å². The third-order valence-corrected chi connectivity index (χ3v) is 2.37. The third-order valence-electron chi connectivity index (χ3n) is 1.87. The zero-order valence-corrected chi connectivity index (χ0v) is 9.28. The van der Waals surface area contributed by atoms with Crippen LogP contribution >= 0.6 is 15.9 Å². The van der Waals surface area contributed by atoms with Crippen LogP contribution in [0.5, 0.6) is 0 Å². The van der Waals surface area contributed by atoms with Gasteiger partial charge in [0.25, 0.3) is 0 Å². The summed E-state index contributed by atoms with van der Waals surface area (Å²) < 4.78 is 14.2. The minimum atomic E-state index is -0.283. The molecule has 0 aliphatic heterocycles. The molecule has 2 N–H and O–H groups in total. The van der Waals surface area contributed by atoms with Crippen molar-refractivity contribution in [1.29, 1.82) is 0 Å². The topological polar surface area (TPSA) is 56.7 Å². The van der Waals surface area contributed by atoms with Crippen LogP contribution in [0.15, 0.2) is 28.9 Å². The van der Waals surface area contributed by atoms with Gasteiger partial charge < -0.3 is 5.73 Å². The Morgan fingerprint density at radius 3 is 2.93 bits per heavy atom. The summed E-state index contributed by atoms with van der Waals surface area (Å²) in [6, 6.07) is 4.73. The highest BCUT2D eigenvalue weighted by molar-refractivity contribution is 9.10. The second-order valence-electron chi connectivity index (χ2n) is 3.04. The molecule has 0 aliphatic rings. The van der Waals surface area contributed by atoms with Crippen molar-refractivity contribution < 1.29 is 4.39 Å². The van der Waals surface area contributed by atoms with Gasteiger partial charge in [0.1, 0.15) is 5.82 Å². The second-order valence-corrected chi connectivity index (χ2v) is 3.95. The lowest BCUT2D eigenvalue weighted by Crippen LogP contribution is -2.05. The summed E-state index contributed by atoms with van der Waals surface area (Å²) in [5, 5.41) is 7.76. The molecule has 6 heteroatoms. The maximum atomic E-state index is 13.3. The summed E-state index contributed by atoms with van der Waals surface area (Å²) in [4.78, 5) is 1.35. The van der Waals surface area contributed by atoms with E-state index in [0.717, 1.165) is 4.47 Å². The van der Waals surface area contributed by atoms with Gasteiger partial charge in [-0.25, -0.2) is 4.39 Å². The highest BCUT2D eigenvalue weighted by Crippen LogP contribution is 2.16. The molecule has 0 atom stereocenters. The first-order chi connectivity index (χ1) is 7.15. The van der Waals surface area contributed by atoms with E-state index in [1.165, 1.54) is 17.1 Å². The second kappa shape index (κ2) is 3.98. The van der Waals surface area contributed by atoms with Crippen LogP contribution in [-0.4, -0.2) is 15.0 Å². The Morgan fingerprint density at radius 1 is 1.47 bits per heavy atom. The van der Waals surface area contributed by atoms with Crippen LogP contribution in [0, 0.1) is 5.82 Å². The first-order valence-corrected chi connectivity index (χ1v) is 5.04. The Hall–Kier alpha value is -1.43. The van der Waals surface area contributed by atoms with E-state index in [1.54, 1.807) is 12.1 Å². The van der Waals surface area contributed by atoms with Crippen LogP contribution in [0.2, 0.25) is 0 Å². The van der Waals surface area contributed by atoms with Crippen LogP contribution in [0.1, 0.15) is 5.56 Å². The minimum Gasteiger partial charge on any atom is -0.381 e. The van der Waals surface area contributed by atoms with Gasteiger partial charge in [0.05, 0.1) is 12.7 Å². The SMILES string of the molecule is Nc1cnn(Cc2cc(Br)ccc2F)n1. The molecule has 1 heterocycles. The van der Waals surface area contributed by atoms with Gasteiger partial charge in [-0.05, 0) is 18.2 Å². The fourth-order valence-corrected chi connectivity index (χ4v) is 1.61. The maximum Gasteiger partial charge on any atom is 0.165 e. The molecule has 0 radical (unpaired) electrons. The standard InChI is InChI=1S/C9H8BrFN4/c10-7-1-2-8(11)6(3-7)5-15-13-4-9(12)14-15/h1-4H,5H2,(H2,12,14). The van der Waals surface area contributed by atoms with Gasteiger partial charge in [0.2, 0.25) is 0 Å². The van der Waals surface area contributed by atoms with Crippen LogP contribution in [-0.2, 0) is 6.54 Å². The lowest BCUT2D eigenvalue weighted by atomic mass is 10.2. The Bertz CT molecular complexity index is 483. The van der Waals surface area contributed by atoms with Gasteiger partial charge in [-0.15, -0.1) is 5.10 Å². The molecular formula is C9H8BrFN4. The normalized spacial score (nSPS) is 10.5. The summed E-state index contributed by atoms with van der Waals surface area (Å²) in [7, 11) is 0. The predicted molar refractivity (Wildman–Crippen MR) is 57.6 cm³/mol. The van der Waals surface area contributed by atoms with Gasteiger partial charge >= 0.3 is 0 Å². The monoisotopic (exact) mass is 270 g/mol. The van der Waals surface area contributed by atoms with Crippen molar-refractivity contribution in [2.24, 2.45) is 0 Å². The Labute approximate surface area is 94.0 Å². The van der Waals surface area contributed by atoms with E-state index < -0.39 is 0 Å². The van der Waals surface area contributed by atoms with Crippen molar-refractivity contribution in [1.82, 2.24) is 15.0 Å². The average Bonchev–Trinajstić information content (AvgIpc) is 2.58. The molecule has 4 nitrogen and oxygen atoms in total. The molecule has 2 aromatic rings. The number of benzene rings is 1. The van der Waals surface area contributed by atoms with Crippen molar-refractivity contribution in [3.63, 3.8) is 0 Å². The Kier molecular flexibility index (Phi) is 2.68. The number of anilines is 1. The van der Waals surface area contributed by atoms with Gasteiger partial charge in [0, 0.05) is 10.0 Å². The van der Waals surface area contributed by atoms with Crippen LogP contribution in [0.4, 0.5) is 10.2 Å². The van der Waals surface area contributed by atoms with Crippen molar-refractivity contribution >= 4 is 21.7 Å². The molecular weight excluding hydrogens is 263 g/mol. The molecule has 2 rings (SSSR count). The number of aromatic nitrogens is 3. The van der Waals surface area contributed by atoms with E-state index in [-0.39, 0.29) is 12.4 Å². The van der Waals surface area contributed by atoms with Gasteiger partial charge in [0.15, 0.2) is 5.82 Å². The highest BCUT2D eigenvalue weighted by atomic mass is 79.9. The largest absolute Gasteiger partial charge is 0.381 e. The number of nitrogens with zero attached hydrogens (tertiary/aromatic N) is 3. The number of hydrogen-bond acceptors (Lipinski definition) is 3. The van der Waals surface area contributed by atoms with E-state index >= 15 is 0 Å².